The van der Waals surface area contributed by atoms with Crippen LogP contribution in [0.1, 0.15) is 11.3 Å². The highest BCUT2D eigenvalue weighted by atomic mass is 16.1. The van der Waals surface area contributed by atoms with Crippen LogP contribution in [0.3, 0.4) is 0 Å². The van der Waals surface area contributed by atoms with Crippen LogP contribution in [-0.2, 0) is 11.2 Å². The van der Waals surface area contributed by atoms with Gasteiger partial charge in [-0.1, -0.05) is 30.3 Å². The van der Waals surface area contributed by atoms with Crippen molar-refractivity contribution < 1.29 is 4.79 Å². The number of aromatic nitrogens is 2. The molecule has 2 rings (SSSR count). The zero-order chi connectivity index (χ0) is 12.3. The molecule has 0 radical (unpaired) electrons. The minimum atomic E-state index is -0.371. The van der Waals surface area contributed by atoms with E-state index in [2.05, 4.69) is 9.97 Å². The molecule has 0 fully saturated rings. The summed E-state index contributed by atoms with van der Waals surface area (Å²) in [6.07, 6.45) is 1.84. The zero-order valence-corrected chi connectivity index (χ0v) is 9.55. The molecule has 0 unspecified atom stereocenters. The summed E-state index contributed by atoms with van der Waals surface area (Å²) in [6, 6.07) is 9.71. The Kier molecular flexibility index (Phi) is 3.14. The topological polar surface area (TPSA) is 68.9 Å². The molecule has 0 atom stereocenters. The second-order valence-corrected chi connectivity index (χ2v) is 3.81. The molecule has 0 aliphatic carbocycles. The Morgan fingerprint density at radius 1 is 1.29 bits per heavy atom. The number of amides is 1. The van der Waals surface area contributed by atoms with E-state index in [9.17, 15) is 4.79 Å². The number of nitrogens with zero attached hydrogens (tertiary/aromatic N) is 2. The third-order valence-corrected chi connectivity index (χ3v) is 2.48. The molecule has 4 heteroatoms. The van der Waals surface area contributed by atoms with Gasteiger partial charge in [0.15, 0.2) is 5.82 Å². The summed E-state index contributed by atoms with van der Waals surface area (Å²) in [5.74, 6) is 0.292. The number of nitrogens with two attached hydrogens (primary N) is 1. The quantitative estimate of drug-likeness (QED) is 0.863. The van der Waals surface area contributed by atoms with Gasteiger partial charge in [-0.25, -0.2) is 9.97 Å². The van der Waals surface area contributed by atoms with Crippen LogP contribution in [0.25, 0.3) is 11.4 Å². The SMILES string of the molecule is Cc1nc(-c2ccccc2)ncc1CC(N)=O. The number of carbonyl (C=O) groups is 1. The Hall–Kier alpha value is -2.23. The molecule has 0 saturated heterocycles. The third kappa shape index (κ3) is 2.66. The van der Waals surface area contributed by atoms with Crippen LogP contribution in [0.4, 0.5) is 0 Å². The third-order valence-electron chi connectivity index (χ3n) is 2.48. The van der Waals surface area contributed by atoms with Gasteiger partial charge in [0.05, 0.1) is 6.42 Å². The number of hydrogen-bond acceptors (Lipinski definition) is 3. The van der Waals surface area contributed by atoms with Crippen LogP contribution in [0.2, 0.25) is 0 Å². The van der Waals surface area contributed by atoms with Crippen molar-refractivity contribution in [2.45, 2.75) is 13.3 Å². The van der Waals surface area contributed by atoms with Crippen molar-refractivity contribution in [2.75, 3.05) is 0 Å². The van der Waals surface area contributed by atoms with E-state index in [0.29, 0.717) is 5.82 Å². The molecule has 1 amide bonds. The molecule has 1 aromatic heterocycles. The second-order valence-electron chi connectivity index (χ2n) is 3.81. The maximum absolute atomic E-state index is 10.8. The van der Waals surface area contributed by atoms with E-state index in [-0.39, 0.29) is 12.3 Å². The molecule has 0 saturated carbocycles. The van der Waals surface area contributed by atoms with E-state index < -0.39 is 0 Å². The highest BCUT2D eigenvalue weighted by molar-refractivity contribution is 5.76. The molecule has 1 heterocycles. The van der Waals surface area contributed by atoms with Crippen molar-refractivity contribution in [1.29, 1.82) is 0 Å². The molecule has 17 heavy (non-hydrogen) atoms. The van der Waals surface area contributed by atoms with Crippen LogP contribution < -0.4 is 5.73 Å². The number of primary amides is 1. The standard InChI is InChI=1S/C13H13N3O/c1-9-11(7-12(14)17)8-15-13(16-9)10-5-3-2-4-6-10/h2-6,8H,7H2,1H3,(H2,14,17). The lowest BCUT2D eigenvalue weighted by molar-refractivity contribution is -0.117. The molecule has 0 aliphatic rings. The first-order valence-corrected chi connectivity index (χ1v) is 5.33. The summed E-state index contributed by atoms with van der Waals surface area (Å²) in [5, 5.41) is 0. The van der Waals surface area contributed by atoms with Gasteiger partial charge in [0.1, 0.15) is 0 Å². The highest BCUT2D eigenvalue weighted by Gasteiger charge is 2.07. The average molecular weight is 227 g/mol. The summed E-state index contributed by atoms with van der Waals surface area (Å²) >= 11 is 0. The number of carbonyl (C=O) groups excluding carboxylic acids is 1. The number of rotatable bonds is 3. The fourth-order valence-corrected chi connectivity index (χ4v) is 1.58. The summed E-state index contributed by atoms with van der Waals surface area (Å²) < 4.78 is 0. The molecule has 0 spiro atoms. The van der Waals surface area contributed by atoms with Crippen molar-refractivity contribution >= 4 is 5.91 Å². The average Bonchev–Trinajstić information content (AvgIpc) is 2.32. The largest absolute Gasteiger partial charge is 0.369 e. The van der Waals surface area contributed by atoms with E-state index in [0.717, 1.165) is 16.8 Å². The van der Waals surface area contributed by atoms with E-state index in [1.807, 2.05) is 37.3 Å². The van der Waals surface area contributed by atoms with Gasteiger partial charge in [0.2, 0.25) is 5.91 Å². The van der Waals surface area contributed by atoms with Crippen molar-refractivity contribution in [3.8, 4) is 11.4 Å². The molecule has 0 bridgehead atoms. The van der Waals surface area contributed by atoms with Crippen LogP contribution in [-0.4, -0.2) is 15.9 Å². The van der Waals surface area contributed by atoms with Gasteiger partial charge in [-0.3, -0.25) is 4.79 Å². The molecule has 4 nitrogen and oxygen atoms in total. The van der Waals surface area contributed by atoms with Crippen LogP contribution in [0.15, 0.2) is 36.5 Å². The predicted octanol–water partition coefficient (Wildman–Crippen LogP) is 1.48. The molecule has 86 valence electrons. The number of hydrogen-bond donors (Lipinski definition) is 1. The first-order chi connectivity index (χ1) is 8.16. The Bertz CT molecular complexity index is 538. The van der Waals surface area contributed by atoms with Gasteiger partial charge >= 0.3 is 0 Å². The number of aryl methyl sites for hydroxylation is 1. The highest BCUT2D eigenvalue weighted by Crippen LogP contribution is 2.15. The predicted molar refractivity (Wildman–Crippen MR) is 65.1 cm³/mol. The van der Waals surface area contributed by atoms with Gasteiger partial charge in [-0.05, 0) is 6.92 Å². The van der Waals surface area contributed by atoms with Gasteiger partial charge in [-0.2, -0.15) is 0 Å². The van der Waals surface area contributed by atoms with Gasteiger partial charge < -0.3 is 5.73 Å². The normalized spacial score (nSPS) is 10.2. The summed E-state index contributed by atoms with van der Waals surface area (Å²) in [4.78, 5) is 19.5. The first-order valence-electron chi connectivity index (χ1n) is 5.33. The molecule has 2 N–H and O–H groups in total. The van der Waals surface area contributed by atoms with Gasteiger partial charge in [0.25, 0.3) is 0 Å². The van der Waals surface area contributed by atoms with Crippen LogP contribution >= 0.6 is 0 Å². The summed E-state index contributed by atoms with van der Waals surface area (Å²) in [7, 11) is 0. The molecular weight excluding hydrogens is 214 g/mol. The van der Waals surface area contributed by atoms with E-state index in [1.165, 1.54) is 0 Å². The molecule has 0 aliphatic heterocycles. The van der Waals surface area contributed by atoms with Gasteiger partial charge in [0, 0.05) is 23.0 Å². The van der Waals surface area contributed by atoms with E-state index in [1.54, 1.807) is 6.20 Å². The van der Waals surface area contributed by atoms with Crippen molar-refractivity contribution in [3.05, 3.63) is 47.8 Å². The first kappa shape index (κ1) is 11.3. The van der Waals surface area contributed by atoms with Crippen LogP contribution in [0.5, 0.6) is 0 Å². The molecule has 1 aromatic carbocycles. The van der Waals surface area contributed by atoms with Crippen LogP contribution in [0, 0.1) is 6.92 Å². The summed E-state index contributed by atoms with van der Waals surface area (Å²) in [6.45, 7) is 1.85. The minimum Gasteiger partial charge on any atom is -0.369 e. The Balaban J connectivity index is 2.34. The number of benzene rings is 1. The lowest BCUT2D eigenvalue weighted by atomic mass is 10.1. The lowest BCUT2D eigenvalue weighted by Gasteiger charge is -2.05. The fourth-order valence-electron chi connectivity index (χ4n) is 1.58. The molecular formula is C13H13N3O. The summed E-state index contributed by atoms with van der Waals surface area (Å²) in [5.41, 5.74) is 7.67. The molecule has 2 aromatic rings. The van der Waals surface area contributed by atoms with Crippen molar-refractivity contribution in [3.63, 3.8) is 0 Å². The second kappa shape index (κ2) is 4.74. The minimum absolute atomic E-state index is 0.181. The maximum Gasteiger partial charge on any atom is 0.221 e. The lowest BCUT2D eigenvalue weighted by Crippen LogP contribution is -2.15. The van der Waals surface area contributed by atoms with Crippen molar-refractivity contribution in [1.82, 2.24) is 9.97 Å². The fraction of sp³-hybridized carbons (Fsp3) is 0.154. The Morgan fingerprint density at radius 3 is 2.59 bits per heavy atom. The van der Waals surface area contributed by atoms with E-state index >= 15 is 0 Å². The monoisotopic (exact) mass is 227 g/mol. The Morgan fingerprint density at radius 2 is 2.00 bits per heavy atom. The Labute approximate surface area is 99.5 Å². The maximum atomic E-state index is 10.8. The van der Waals surface area contributed by atoms with Crippen molar-refractivity contribution in [2.24, 2.45) is 5.73 Å². The van der Waals surface area contributed by atoms with Gasteiger partial charge in [-0.15, -0.1) is 0 Å². The smallest absolute Gasteiger partial charge is 0.221 e. The zero-order valence-electron chi connectivity index (χ0n) is 9.55. The van der Waals surface area contributed by atoms with E-state index in [4.69, 9.17) is 5.73 Å².